The fourth-order valence-corrected chi connectivity index (χ4v) is 1.12. The number of aldehydes is 1. The number of carbonyl (C=O) groups is 1. The van der Waals surface area contributed by atoms with Crippen molar-refractivity contribution in [3.8, 4) is 0 Å². The molecule has 1 fully saturated rings. The number of hydrogen-bond donors (Lipinski definition) is 1. The van der Waals surface area contributed by atoms with E-state index >= 15 is 0 Å². The van der Waals surface area contributed by atoms with Crippen LogP contribution in [0.3, 0.4) is 0 Å². The third kappa shape index (κ3) is 2.01. The van der Waals surface area contributed by atoms with E-state index in [4.69, 9.17) is 4.74 Å². The fraction of sp³-hybridized carbons (Fsp3) is 0.875. The largest absolute Gasteiger partial charge is 0.375 e. The molecule has 1 heterocycles. The van der Waals surface area contributed by atoms with Gasteiger partial charge in [0, 0.05) is 18.5 Å². The summed E-state index contributed by atoms with van der Waals surface area (Å²) in [5.41, 5.74) is -0.354. The van der Waals surface area contributed by atoms with Gasteiger partial charge in [-0.25, -0.2) is 0 Å². The number of rotatable bonds is 2. The Bertz CT molecular complexity index is 139. The first kappa shape index (κ1) is 8.68. The van der Waals surface area contributed by atoms with Gasteiger partial charge in [0.2, 0.25) is 0 Å². The van der Waals surface area contributed by atoms with Crippen LogP contribution >= 0.6 is 0 Å². The third-order valence-electron chi connectivity index (χ3n) is 2.06. The van der Waals surface area contributed by atoms with Crippen LogP contribution in [0.4, 0.5) is 0 Å². The molecule has 0 aromatic rings. The Balaban J connectivity index is 2.50. The summed E-state index contributed by atoms with van der Waals surface area (Å²) in [4.78, 5) is 10.6. The van der Waals surface area contributed by atoms with E-state index in [1.807, 2.05) is 13.8 Å². The van der Waals surface area contributed by atoms with Gasteiger partial charge in [-0.3, -0.25) is 0 Å². The van der Waals surface area contributed by atoms with Crippen LogP contribution in [-0.4, -0.2) is 32.1 Å². The predicted molar refractivity (Wildman–Crippen MR) is 42.5 cm³/mol. The first-order chi connectivity index (χ1) is 5.17. The molecule has 0 aromatic carbocycles. The van der Waals surface area contributed by atoms with Gasteiger partial charge in [-0.2, -0.15) is 0 Å². The van der Waals surface area contributed by atoms with Gasteiger partial charge in [-0.15, -0.1) is 0 Å². The maximum atomic E-state index is 10.6. The van der Waals surface area contributed by atoms with E-state index in [1.165, 1.54) is 0 Å². The van der Waals surface area contributed by atoms with Crippen molar-refractivity contribution in [3.05, 3.63) is 0 Å². The highest BCUT2D eigenvalue weighted by atomic mass is 16.5. The Morgan fingerprint density at radius 1 is 1.64 bits per heavy atom. The highest BCUT2D eigenvalue weighted by Crippen LogP contribution is 2.20. The molecule has 3 nitrogen and oxygen atoms in total. The van der Waals surface area contributed by atoms with Crippen LogP contribution in [0.2, 0.25) is 0 Å². The highest BCUT2D eigenvalue weighted by molar-refractivity contribution is 5.59. The summed E-state index contributed by atoms with van der Waals surface area (Å²) in [6.45, 7) is 6.19. The number of morpholine rings is 1. The minimum Gasteiger partial charge on any atom is -0.375 e. The molecule has 0 spiro atoms. The Morgan fingerprint density at radius 2 is 2.36 bits per heavy atom. The van der Waals surface area contributed by atoms with Crippen molar-refractivity contribution in [2.24, 2.45) is 5.41 Å². The third-order valence-corrected chi connectivity index (χ3v) is 2.06. The van der Waals surface area contributed by atoms with E-state index < -0.39 is 0 Å². The second-order valence-electron chi connectivity index (χ2n) is 3.50. The zero-order valence-corrected chi connectivity index (χ0v) is 7.09. The normalized spacial score (nSPS) is 26.5. The van der Waals surface area contributed by atoms with E-state index in [0.717, 1.165) is 19.4 Å². The molecule has 1 aliphatic rings. The molecule has 11 heavy (non-hydrogen) atoms. The second-order valence-corrected chi connectivity index (χ2v) is 3.50. The molecule has 0 aromatic heterocycles. The number of nitrogens with one attached hydrogen (secondary N) is 1. The summed E-state index contributed by atoms with van der Waals surface area (Å²) in [7, 11) is 0. The molecule has 64 valence electrons. The molecule has 1 aliphatic heterocycles. The molecule has 1 atom stereocenters. The van der Waals surface area contributed by atoms with Crippen molar-refractivity contribution in [1.82, 2.24) is 5.32 Å². The molecule has 0 saturated carbocycles. The van der Waals surface area contributed by atoms with Crippen molar-refractivity contribution < 1.29 is 9.53 Å². The average Bonchev–Trinajstić information content (AvgIpc) is 2.06. The summed E-state index contributed by atoms with van der Waals surface area (Å²) in [5.74, 6) is 0. The smallest absolute Gasteiger partial charge is 0.128 e. The summed E-state index contributed by atoms with van der Waals surface area (Å²) in [5, 5.41) is 3.19. The monoisotopic (exact) mass is 157 g/mol. The van der Waals surface area contributed by atoms with Gasteiger partial charge >= 0.3 is 0 Å². The molecule has 1 saturated heterocycles. The lowest BCUT2D eigenvalue weighted by atomic mass is 9.88. The van der Waals surface area contributed by atoms with Gasteiger partial charge in [0.25, 0.3) is 0 Å². The fourth-order valence-electron chi connectivity index (χ4n) is 1.12. The standard InChI is InChI=1S/C8H15NO2/c1-8(2,6-10)7-5-9-3-4-11-7/h6-7,9H,3-5H2,1-2H3. The van der Waals surface area contributed by atoms with Crippen molar-refractivity contribution in [1.29, 1.82) is 0 Å². The topological polar surface area (TPSA) is 38.3 Å². The van der Waals surface area contributed by atoms with Crippen molar-refractivity contribution >= 4 is 6.29 Å². The number of carbonyl (C=O) groups excluding carboxylic acids is 1. The molecule has 0 amide bonds. The Morgan fingerprint density at radius 3 is 2.82 bits per heavy atom. The van der Waals surface area contributed by atoms with Gasteiger partial charge in [-0.1, -0.05) is 13.8 Å². The van der Waals surface area contributed by atoms with E-state index in [-0.39, 0.29) is 11.5 Å². The molecule has 1 N–H and O–H groups in total. The van der Waals surface area contributed by atoms with E-state index in [1.54, 1.807) is 0 Å². The Kier molecular flexibility index (Phi) is 2.62. The zero-order chi connectivity index (χ0) is 8.32. The van der Waals surface area contributed by atoms with Crippen molar-refractivity contribution in [2.75, 3.05) is 19.7 Å². The molecule has 1 unspecified atom stereocenters. The number of ether oxygens (including phenoxy) is 1. The van der Waals surface area contributed by atoms with Crippen molar-refractivity contribution in [3.63, 3.8) is 0 Å². The summed E-state index contributed by atoms with van der Waals surface area (Å²) < 4.78 is 5.44. The van der Waals surface area contributed by atoms with E-state index in [9.17, 15) is 4.79 Å². The average molecular weight is 157 g/mol. The lowest BCUT2D eigenvalue weighted by Gasteiger charge is -2.32. The molecule has 0 bridgehead atoms. The Labute approximate surface area is 67.1 Å². The Hall–Kier alpha value is -0.410. The zero-order valence-electron chi connectivity index (χ0n) is 7.09. The SMILES string of the molecule is CC(C)(C=O)C1CNCCO1. The maximum absolute atomic E-state index is 10.6. The van der Waals surface area contributed by atoms with Crippen LogP contribution < -0.4 is 5.32 Å². The number of hydrogen-bond acceptors (Lipinski definition) is 3. The lowest BCUT2D eigenvalue weighted by Crippen LogP contribution is -2.47. The summed E-state index contributed by atoms with van der Waals surface area (Å²) >= 11 is 0. The van der Waals surface area contributed by atoms with Gasteiger partial charge < -0.3 is 14.8 Å². The molecule has 3 heteroatoms. The van der Waals surface area contributed by atoms with E-state index in [2.05, 4.69) is 5.32 Å². The molecule has 0 radical (unpaired) electrons. The first-order valence-electron chi connectivity index (χ1n) is 3.95. The highest BCUT2D eigenvalue weighted by Gasteiger charge is 2.31. The van der Waals surface area contributed by atoms with Crippen LogP contribution in [-0.2, 0) is 9.53 Å². The first-order valence-corrected chi connectivity index (χ1v) is 3.95. The maximum Gasteiger partial charge on any atom is 0.128 e. The van der Waals surface area contributed by atoms with Gasteiger partial charge in [0.15, 0.2) is 0 Å². The van der Waals surface area contributed by atoms with Crippen molar-refractivity contribution in [2.45, 2.75) is 20.0 Å². The van der Waals surface area contributed by atoms with Crippen LogP contribution in [0.5, 0.6) is 0 Å². The molecule has 0 aliphatic carbocycles. The second kappa shape index (κ2) is 3.32. The quantitative estimate of drug-likeness (QED) is 0.582. The minimum atomic E-state index is -0.354. The van der Waals surface area contributed by atoms with Crippen LogP contribution in [0.15, 0.2) is 0 Å². The van der Waals surface area contributed by atoms with Gasteiger partial charge in [-0.05, 0) is 0 Å². The molecule has 1 rings (SSSR count). The van der Waals surface area contributed by atoms with Crippen LogP contribution in [0.25, 0.3) is 0 Å². The van der Waals surface area contributed by atoms with Gasteiger partial charge in [0.05, 0.1) is 12.7 Å². The predicted octanol–water partition coefficient (Wildman–Crippen LogP) is 0.200. The van der Waals surface area contributed by atoms with Crippen LogP contribution in [0, 0.1) is 5.41 Å². The lowest BCUT2D eigenvalue weighted by molar-refractivity contribution is -0.124. The molecular formula is C8H15NO2. The molecular weight excluding hydrogens is 142 g/mol. The van der Waals surface area contributed by atoms with Crippen LogP contribution in [0.1, 0.15) is 13.8 Å². The summed E-state index contributed by atoms with van der Waals surface area (Å²) in [6.07, 6.45) is 0.999. The summed E-state index contributed by atoms with van der Waals surface area (Å²) in [6, 6.07) is 0. The van der Waals surface area contributed by atoms with E-state index in [0.29, 0.717) is 6.61 Å². The minimum absolute atomic E-state index is 0.0359. The van der Waals surface area contributed by atoms with Gasteiger partial charge in [0.1, 0.15) is 6.29 Å².